The Bertz CT molecular complexity index is 934. The molecule has 146 valence electrons. The van der Waals surface area contributed by atoms with Gasteiger partial charge in [-0.1, -0.05) is 18.9 Å². The second-order valence-corrected chi connectivity index (χ2v) is 9.72. The molecule has 0 saturated heterocycles. The molecule has 1 aliphatic rings. The minimum Gasteiger partial charge on any atom is -0.273 e. The number of carbonyl (C=O) groups is 2. The second-order valence-electron chi connectivity index (χ2n) is 6.77. The number of amides is 2. The molecule has 2 amide bonds. The zero-order valence-electron chi connectivity index (χ0n) is 15.3. The smallest absolute Gasteiger partial charge is 0.273 e. The fourth-order valence-electron chi connectivity index (χ4n) is 3.25. The molecule has 0 bridgehead atoms. The number of aromatic nitrogens is 1. The molecule has 4 rings (SSSR count). The summed E-state index contributed by atoms with van der Waals surface area (Å²) in [6.07, 6.45) is 7.13. The maximum atomic E-state index is 12.4. The molecule has 0 radical (unpaired) electrons. The van der Waals surface area contributed by atoms with E-state index in [9.17, 15) is 9.59 Å². The number of aryl methyl sites for hydroxylation is 2. The standard InChI is InChI=1S/C20H21N3O2S3/c24-18(11-14-12-27-20(21-14)16-8-5-9-26-16)22-23-19(25)17-10-13-6-3-1-2-4-7-15(13)28-17/h5,8-10,12H,1-4,6-7,11H2,(H,22,24)(H,23,25). The predicted molar refractivity (Wildman–Crippen MR) is 115 cm³/mol. The van der Waals surface area contributed by atoms with Crippen molar-refractivity contribution in [2.75, 3.05) is 0 Å². The van der Waals surface area contributed by atoms with Crippen LogP contribution >= 0.6 is 34.0 Å². The normalized spacial score (nSPS) is 14.0. The number of rotatable bonds is 4. The maximum absolute atomic E-state index is 12.4. The van der Waals surface area contributed by atoms with Gasteiger partial charge in [0.25, 0.3) is 5.91 Å². The molecule has 0 unspecified atom stereocenters. The summed E-state index contributed by atoms with van der Waals surface area (Å²) in [4.78, 5) is 32.2. The first-order chi connectivity index (χ1) is 13.7. The number of thiazole rings is 1. The summed E-state index contributed by atoms with van der Waals surface area (Å²) in [5.74, 6) is -0.519. The second kappa shape index (κ2) is 8.98. The summed E-state index contributed by atoms with van der Waals surface area (Å²) in [6.45, 7) is 0. The fraction of sp³-hybridized carbons (Fsp3) is 0.350. The van der Waals surface area contributed by atoms with E-state index in [-0.39, 0.29) is 18.2 Å². The minimum atomic E-state index is -0.272. The van der Waals surface area contributed by atoms with Crippen molar-refractivity contribution in [1.82, 2.24) is 15.8 Å². The summed E-state index contributed by atoms with van der Waals surface area (Å²) in [5.41, 5.74) is 7.06. The highest BCUT2D eigenvalue weighted by molar-refractivity contribution is 7.20. The summed E-state index contributed by atoms with van der Waals surface area (Å²) in [5, 5.41) is 4.80. The molecular weight excluding hydrogens is 410 g/mol. The van der Waals surface area contributed by atoms with Gasteiger partial charge in [-0.15, -0.1) is 34.0 Å². The molecule has 2 N–H and O–H groups in total. The van der Waals surface area contributed by atoms with E-state index < -0.39 is 0 Å². The summed E-state index contributed by atoms with van der Waals surface area (Å²) >= 11 is 4.70. The van der Waals surface area contributed by atoms with E-state index in [1.807, 2.05) is 29.0 Å². The van der Waals surface area contributed by atoms with Crippen LogP contribution in [-0.2, 0) is 24.1 Å². The molecular formula is C20H21N3O2S3. The lowest BCUT2D eigenvalue weighted by atomic mass is 10.00. The van der Waals surface area contributed by atoms with Crippen molar-refractivity contribution < 1.29 is 9.59 Å². The lowest BCUT2D eigenvalue weighted by molar-refractivity contribution is -0.121. The van der Waals surface area contributed by atoms with Gasteiger partial charge in [0.15, 0.2) is 0 Å². The zero-order chi connectivity index (χ0) is 19.3. The van der Waals surface area contributed by atoms with Crippen molar-refractivity contribution in [2.24, 2.45) is 0 Å². The number of hydrogen-bond donors (Lipinski definition) is 2. The SMILES string of the molecule is O=C(Cc1csc(-c2cccs2)n1)NNC(=O)c1cc2c(s1)CCCCCC2. The Morgan fingerprint density at radius 2 is 1.93 bits per heavy atom. The largest absolute Gasteiger partial charge is 0.279 e. The Morgan fingerprint density at radius 1 is 1.07 bits per heavy atom. The van der Waals surface area contributed by atoms with Gasteiger partial charge in [0.2, 0.25) is 5.91 Å². The fourth-order valence-corrected chi connectivity index (χ4v) is 6.04. The topological polar surface area (TPSA) is 71.1 Å². The highest BCUT2D eigenvalue weighted by Crippen LogP contribution is 2.29. The minimum absolute atomic E-state index is 0.142. The molecule has 0 aromatic carbocycles. The van der Waals surface area contributed by atoms with Crippen LogP contribution in [0.15, 0.2) is 29.0 Å². The summed E-state index contributed by atoms with van der Waals surface area (Å²) in [6, 6.07) is 5.98. The third-order valence-corrected chi connectivity index (χ3v) is 7.83. The Morgan fingerprint density at radius 3 is 2.75 bits per heavy atom. The monoisotopic (exact) mass is 431 g/mol. The van der Waals surface area contributed by atoms with Crippen molar-refractivity contribution in [3.8, 4) is 9.88 Å². The molecule has 28 heavy (non-hydrogen) atoms. The van der Waals surface area contributed by atoms with Crippen molar-refractivity contribution in [2.45, 2.75) is 44.9 Å². The highest BCUT2D eigenvalue weighted by atomic mass is 32.1. The molecule has 0 fully saturated rings. The van der Waals surface area contributed by atoms with Crippen LogP contribution in [-0.4, -0.2) is 16.8 Å². The van der Waals surface area contributed by atoms with Gasteiger partial charge < -0.3 is 0 Å². The van der Waals surface area contributed by atoms with Crippen LogP contribution in [0.5, 0.6) is 0 Å². The van der Waals surface area contributed by atoms with Crippen LogP contribution in [0.4, 0.5) is 0 Å². The quantitative estimate of drug-likeness (QED) is 0.593. The molecule has 3 aromatic heterocycles. The Hall–Kier alpha value is -2.03. The number of carbonyl (C=O) groups excluding carboxylic acids is 2. The van der Waals surface area contributed by atoms with E-state index in [0.29, 0.717) is 10.6 Å². The van der Waals surface area contributed by atoms with E-state index >= 15 is 0 Å². The van der Waals surface area contributed by atoms with Crippen molar-refractivity contribution in [3.63, 3.8) is 0 Å². The lowest BCUT2D eigenvalue weighted by Crippen LogP contribution is -2.42. The number of hydrazine groups is 1. The van der Waals surface area contributed by atoms with Crippen LogP contribution in [0, 0.1) is 0 Å². The van der Waals surface area contributed by atoms with Gasteiger partial charge in [-0.3, -0.25) is 20.4 Å². The van der Waals surface area contributed by atoms with Crippen LogP contribution < -0.4 is 10.9 Å². The van der Waals surface area contributed by atoms with E-state index in [1.165, 1.54) is 47.5 Å². The van der Waals surface area contributed by atoms with Crippen molar-refractivity contribution in [1.29, 1.82) is 0 Å². The third-order valence-electron chi connectivity index (χ3n) is 4.66. The first-order valence-electron chi connectivity index (χ1n) is 9.38. The molecule has 0 saturated carbocycles. The van der Waals surface area contributed by atoms with E-state index in [4.69, 9.17) is 0 Å². The number of nitrogens with zero attached hydrogens (tertiary/aromatic N) is 1. The lowest BCUT2D eigenvalue weighted by Gasteiger charge is -2.07. The third kappa shape index (κ3) is 4.68. The molecule has 1 aliphatic carbocycles. The van der Waals surface area contributed by atoms with Crippen LogP contribution in [0.1, 0.15) is 51.5 Å². The van der Waals surface area contributed by atoms with Gasteiger partial charge in [0, 0.05) is 10.3 Å². The van der Waals surface area contributed by atoms with Crippen molar-refractivity contribution in [3.05, 3.63) is 50.0 Å². The van der Waals surface area contributed by atoms with Gasteiger partial charge in [0.05, 0.1) is 21.9 Å². The predicted octanol–water partition coefficient (Wildman–Crippen LogP) is 4.60. The Labute approximate surface area is 175 Å². The molecule has 3 heterocycles. The van der Waals surface area contributed by atoms with Gasteiger partial charge in [-0.05, 0) is 48.8 Å². The van der Waals surface area contributed by atoms with E-state index in [1.54, 1.807) is 22.7 Å². The van der Waals surface area contributed by atoms with Crippen LogP contribution in [0.2, 0.25) is 0 Å². The first-order valence-corrected chi connectivity index (χ1v) is 12.0. The summed E-state index contributed by atoms with van der Waals surface area (Å²) < 4.78 is 0. The molecule has 0 atom stereocenters. The van der Waals surface area contributed by atoms with Gasteiger partial charge >= 0.3 is 0 Å². The molecule has 0 spiro atoms. The van der Waals surface area contributed by atoms with E-state index in [0.717, 1.165) is 22.7 Å². The molecule has 3 aromatic rings. The number of hydrogen-bond acceptors (Lipinski definition) is 6. The average Bonchev–Trinajstić information content (AvgIpc) is 3.40. The van der Waals surface area contributed by atoms with E-state index in [2.05, 4.69) is 15.8 Å². The summed E-state index contributed by atoms with van der Waals surface area (Å²) in [7, 11) is 0. The number of thiophene rings is 2. The molecule has 0 aliphatic heterocycles. The van der Waals surface area contributed by atoms with Crippen LogP contribution in [0.25, 0.3) is 9.88 Å². The highest BCUT2D eigenvalue weighted by Gasteiger charge is 2.17. The van der Waals surface area contributed by atoms with Gasteiger partial charge in [0.1, 0.15) is 5.01 Å². The first kappa shape index (κ1) is 19.3. The maximum Gasteiger partial charge on any atom is 0.279 e. The Kier molecular flexibility index (Phi) is 6.19. The Balaban J connectivity index is 1.31. The van der Waals surface area contributed by atoms with Crippen LogP contribution in [0.3, 0.4) is 0 Å². The number of fused-ring (bicyclic) bond motifs is 1. The molecule has 8 heteroatoms. The van der Waals surface area contributed by atoms with Gasteiger partial charge in [-0.25, -0.2) is 4.98 Å². The zero-order valence-corrected chi connectivity index (χ0v) is 17.8. The average molecular weight is 432 g/mol. The van der Waals surface area contributed by atoms with Gasteiger partial charge in [-0.2, -0.15) is 0 Å². The molecule has 5 nitrogen and oxygen atoms in total. The van der Waals surface area contributed by atoms with Crippen molar-refractivity contribution >= 4 is 45.8 Å². The number of nitrogens with one attached hydrogen (secondary N) is 2.